The van der Waals surface area contributed by atoms with Crippen LogP contribution in [0.3, 0.4) is 0 Å². The van der Waals surface area contributed by atoms with Crippen molar-refractivity contribution in [2.45, 2.75) is 33.4 Å². The average Bonchev–Trinajstić information content (AvgIpc) is 2.37. The van der Waals surface area contributed by atoms with E-state index in [1.165, 1.54) is 6.92 Å². The fourth-order valence-corrected chi connectivity index (χ4v) is 1.89. The molecule has 2 unspecified atom stereocenters. The van der Waals surface area contributed by atoms with Crippen LogP contribution >= 0.6 is 0 Å². The van der Waals surface area contributed by atoms with Gasteiger partial charge in [0.1, 0.15) is 0 Å². The number of ketones is 1. The van der Waals surface area contributed by atoms with Gasteiger partial charge in [-0.15, -0.1) is 0 Å². The molecule has 1 rings (SSSR count). The van der Waals surface area contributed by atoms with E-state index in [1.54, 1.807) is 18.9 Å². The Balaban J connectivity index is 0.00000256. The fourth-order valence-electron chi connectivity index (χ4n) is 1.89. The predicted molar refractivity (Wildman–Crippen MR) is 68.9 cm³/mol. The van der Waals surface area contributed by atoms with Gasteiger partial charge in [0.15, 0.2) is 5.78 Å². The van der Waals surface area contributed by atoms with Crippen LogP contribution in [-0.2, 0) is 9.59 Å². The first-order valence-corrected chi connectivity index (χ1v) is 5.64. The summed E-state index contributed by atoms with van der Waals surface area (Å²) in [6.07, 6.45) is 0. The zero-order chi connectivity index (χ0) is 12.3. The molecule has 5 heteroatoms. The summed E-state index contributed by atoms with van der Waals surface area (Å²) in [5, 5.41) is 3.00. The number of hydrogen-bond donors (Lipinski definition) is 1. The van der Waals surface area contributed by atoms with Gasteiger partial charge in [-0.25, -0.2) is 0 Å². The average molecular weight is 243 g/mol. The van der Waals surface area contributed by atoms with Crippen molar-refractivity contribution in [3.05, 3.63) is 0 Å². The largest absolute Gasteiger partial charge is 0.330 e. The second-order valence-electron chi connectivity index (χ2n) is 4.42. The highest BCUT2D eigenvalue weighted by Gasteiger charge is 2.31. The highest BCUT2D eigenvalue weighted by atomic mass is 16.2. The number of carbonyl (C=O) groups excluding carboxylic acids is 2. The number of hydrogen-bond acceptors (Lipinski definition) is 4. The molecule has 1 aliphatic heterocycles. The molecule has 5 nitrogen and oxygen atoms in total. The van der Waals surface area contributed by atoms with E-state index in [0.29, 0.717) is 13.1 Å². The summed E-state index contributed by atoms with van der Waals surface area (Å²) in [6, 6.07) is -0.538. The lowest BCUT2D eigenvalue weighted by molar-refractivity contribution is -0.139. The molecule has 1 amide bonds. The van der Waals surface area contributed by atoms with Gasteiger partial charge in [-0.2, -0.15) is 0 Å². The van der Waals surface area contributed by atoms with Gasteiger partial charge in [0.25, 0.3) is 0 Å². The van der Waals surface area contributed by atoms with E-state index in [1.807, 2.05) is 7.05 Å². The SMILES string of the molecule is C.CNC1CN(C)CCN(C(C)C(C)=O)C1=O. The van der Waals surface area contributed by atoms with E-state index >= 15 is 0 Å². The molecule has 100 valence electrons. The standard InChI is InChI=1S/C11H21N3O2.CH4/c1-8(9(2)15)14-6-5-13(4)7-10(12-3)11(14)16;/h8,10,12H,5-7H2,1-4H3;1H4. The van der Waals surface area contributed by atoms with Crippen LogP contribution in [-0.4, -0.2) is 67.3 Å². The number of amides is 1. The van der Waals surface area contributed by atoms with Crippen LogP contribution < -0.4 is 5.32 Å². The maximum Gasteiger partial charge on any atom is 0.241 e. The van der Waals surface area contributed by atoms with E-state index in [9.17, 15) is 9.59 Å². The fraction of sp³-hybridized carbons (Fsp3) is 0.833. The first-order chi connectivity index (χ1) is 7.47. The predicted octanol–water partition coefficient (Wildman–Crippen LogP) is -0.0380. The zero-order valence-electron chi connectivity index (χ0n) is 10.5. The Bertz CT molecular complexity index is 281. The molecule has 0 aromatic heterocycles. The molecular weight excluding hydrogens is 218 g/mol. The molecule has 17 heavy (non-hydrogen) atoms. The lowest BCUT2D eigenvalue weighted by atomic mass is 10.1. The minimum Gasteiger partial charge on any atom is -0.330 e. The maximum absolute atomic E-state index is 12.2. The summed E-state index contributed by atoms with van der Waals surface area (Å²) < 4.78 is 0. The molecule has 0 bridgehead atoms. The Kier molecular flexibility index (Phi) is 6.34. The lowest BCUT2D eigenvalue weighted by Gasteiger charge is -2.28. The van der Waals surface area contributed by atoms with E-state index in [4.69, 9.17) is 0 Å². The van der Waals surface area contributed by atoms with Crippen molar-refractivity contribution in [2.75, 3.05) is 33.7 Å². The van der Waals surface area contributed by atoms with Crippen LogP contribution in [0.4, 0.5) is 0 Å². The second-order valence-corrected chi connectivity index (χ2v) is 4.42. The second kappa shape index (κ2) is 6.71. The number of rotatable bonds is 3. The summed E-state index contributed by atoms with van der Waals surface area (Å²) in [5.41, 5.74) is 0. The summed E-state index contributed by atoms with van der Waals surface area (Å²) in [4.78, 5) is 27.3. The molecule has 1 heterocycles. The van der Waals surface area contributed by atoms with E-state index in [-0.39, 0.29) is 31.2 Å². The molecule has 2 atom stereocenters. The Morgan fingerprint density at radius 1 is 1.47 bits per heavy atom. The summed E-state index contributed by atoms with van der Waals surface area (Å²) in [7, 11) is 3.76. The van der Waals surface area contributed by atoms with Gasteiger partial charge < -0.3 is 15.1 Å². The molecule has 1 aliphatic rings. The van der Waals surface area contributed by atoms with Crippen molar-refractivity contribution in [3.63, 3.8) is 0 Å². The van der Waals surface area contributed by atoms with Crippen LogP contribution in [0.15, 0.2) is 0 Å². The van der Waals surface area contributed by atoms with Gasteiger partial charge in [-0.05, 0) is 27.9 Å². The van der Waals surface area contributed by atoms with Crippen molar-refractivity contribution >= 4 is 11.7 Å². The highest BCUT2D eigenvalue weighted by Crippen LogP contribution is 2.08. The van der Waals surface area contributed by atoms with Crippen molar-refractivity contribution < 1.29 is 9.59 Å². The maximum atomic E-state index is 12.2. The van der Waals surface area contributed by atoms with Gasteiger partial charge >= 0.3 is 0 Å². The Labute approximate surface area is 104 Å². The minimum atomic E-state index is -0.324. The van der Waals surface area contributed by atoms with Crippen LogP contribution in [0.1, 0.15) is 21.3 Å². The van der Waals surface area contributed by atoms with E-state index in [0.717, 1.165) is 6.54 Å². The molecule has 0 spiro atoms. The first-order valence-electron chi connectivity index (χ1n) is 5.64. The topological polar surface area (TPSA) is 52.6 Å². The normalized spacial score (nSPS) is 23.9. The molecule has 1 fully saturated rings. The van der Waals surface area contributed by atoms with Crippen molar-refractivity contribution in [3.8, 4) is 0 Å². The zero-order valence-corrected chi connectivity index (χ0v) is 10.5. The Morgan fingerprint density at radius 3 is 2.53 bits per heavy atom. The molecule has 0 radical (unpaired) electrons. The molecule has 1 saturated heterocycles. The third-order valence-electron chi connectivity index (χ3n) is 3.20. The Hall–Kier alpha value is -0.940. The monoisotopic (exact) mass is 243 g/mol. The van der Waals surface area contributed by atoms with Crippen LogP contribution in [0.25, 0.3) is 0 Å². The molecular formula is C12H25N3O2. The first kappa shape index (κ1) is 16.1. The van der Waals surface area contributed by atoms with Gasteiger partial charge in [-0.3, -0.25) is 9.59 Å². The molecule has 0 aromatic carbocycles. The van der Waals surface area contributed by atoms with Gasteiger partial charge in [0.05, 0.1) is 12.1 Å². The van der Waals surface area contributed by atoms with E-state index < -0.39 is 0 Å². The van der Waals surface area contributed by atoms with Gasteiger partial charge in [0.2, 0.25) is 5.91 Å². The minimum absolute atomic E-state index is 0. The van der Waals surface area contributed by atoms with Crippen molar-refractivity contribution in [2.24, 2.45) is 0 Å². The number of Topliss-reactive ketones (excluding diaryl/α,β-unsaturated/α-hetero) is 1. The third kappa shape index (κ3) is 3.78. The number of likely N-dealkylation sites (N-methyl/N-ethyl adjacent to an activating group) is 2. The molecule has 0 aliphatic carbocycles. The van der Waals surface area contributed by atoms with Crippen molar-refractivity contribution in [1.29, 1.82) is 0 Å². The van der Waals surface area contributed by atoms with Gasteiger partial charge in [0, 0.05) is 19.6 Å². The van der Waals surface area contributed by atoms with Crippen LogP contribution in [0.5, 0.6) is 0 Å². The number of nitrogens with zero attached hydrogens (tertiary/aromatic N) is 2. The molecule has 1 N–H and O–H groups in total. The lowest BCUT2D eigenvalue weighted by Crippen LogP contribution is -2.51. The third-order valence-corrected chi connectivity index (χ3v) is 3.20. The van der Waals surface area contributed by atoms with Gasteiger partial charge in [-0.1, -0.05) is 7.43 Å². The quantitative estimate of drug-likeness (QED) is 0.756. The molecule has 0 saturated carbocycles. The summed E-state index contributed by atoms with van der Waals surface area (Å²) in [6.45, 7) is 5.44. The number of carbonyl (C=O) groups is 2. The van der Waals surface area contributed by atoms with Crippen LogP contribution in [0, 0.1) is 0 Å². The summed E-state index contributed by atoms with van der Waals surface area (Å²) in [5.74, 6) is 0.0577. The van der Waals surface area contributed by atoms with Crippen LogP contribution in [0.2, 0.25) is 0 Å². The number of nitrogens with one attached hydrogen (secondary N) is 1. The summed E-state index contributed by atoms with van der Waals surface area (Å²) >= 11 is 0. The smallest absolute Gasteiger partial charge is 0.241 e. The molecule has 0 aromatic rings. The van der Waals surface area contributed by atoms with E-state index in [2.05, 4.69) is 10.2 Å². The van der Waals surface area contributed by atoms with Crippen molar-refractivity contribution in [1.82, 2.24) is 15.1 Å². The Morgan fingerprint density at radius 2 is 2.06 bits per heavy atom. The highest BCUT2D eigenvalue weighted by molar-refractivity contribution is 5.89.